The van der Waals surface area contributed by atoms with Gasteiger partial charge in [-0.25, -0.2) is 0 Å². The lowest BCUT2D eigenvalue weighted by atomic mass is 10.2. The summed E-state index contributed by atoms with van der Waals surface area (Å²) in [5.74, 6) is 0.117. The molecule has 0 amide bonds. The highest BCUT2D eigenvalue weighted by Gasteiger charge is 2.11. The van der Waals surface area contributed by atoms with Crippen LogP contribution in [0.15, 0.2) is 6.20 Å². The smallest absolute Gasteiger partial charge is 0.183 e. The molecule has 0 saturated heterocycles. The van der Waals surface area contributed by atoms with Crippen LogP contribution in [0.1, 0.15) is 30.8 Å². The number of nitrogens with zero attached hydrogens (tertiary/aromatic N) is 2. The molecule has 0 aliphatic heterocycles. The van der Waals surface area contributed by atoms with Crippen LogP contribution in [0.3, 0.4) is 0 Å². The molecule has 12 heavy (non-hydrogen) atoms. The average molecular weight is 278 g/mol. The molecule has 1 aromatic heterocycles. The zero-order chi connectivity index (χ0) is 9.14. The SMILES string of the molecule is CCC(=O)c1nn(CC)cc1I. The van der Waals surface area contributed by atoms with E-state index >= 15 is 0 Å². The number of carbonyl (C=O) groups is 1. The predicted octanol–water partition coefficient (Wildman–Crippen LogP) is 2.10. The molecule has 1 heterocycles. The minimum atomic E-state index is 0.117. The summed E-state index contributed by atoms with van der Waals surface area (Å²) >= 11 is 2.14. The quantitative estimate of drug-likeness (QED) is 0.627. The van der Waals surface area contributed by atoms with Crippen molar-refractivity contribution >= 4 is 28.4 Å². The first kappa shape index (κ1) is 9.70. The second kappa shape index (κ2) is 4.02. The average Bonchev–Trinajstić information content (AvgIpc) is 2.45. The minimum Gasteiger partial charge on any atom is -0.292 e. The van der Waals surface area contributed by atoms with E-state index in [0.29, 0.717) is 12.1 Å². The Morgan fingerprint density at radius 1 is 1.67 bits per heavy atom. The second-order valence-corrected chi connectivity index (χ2v) is 3.62. The second-order valence-electron chi connectivity index (χ2n) is 2.46. The Hall–Kier alpha value is -0.390. The highest BCUT2D eigenvalue weighted by Crippen LogP contribution is 2.11. The lowest BCUT2D eigenvalue weighted by Gasteiger charge is -1.92. The van der Waals surface area contributed by atoms with E-state index in [2.05, 4.69) is 27.7 Å². The van der Waals surface area contributed by atoms with Crippen LogP contribution in [0.25, 0.3) is 0 Å². The van der Waals surface area contributed by atoms with Crippen molar-refractivity contribution in [1.29, 1.82) is 0 Å². The van der Waals surface area contributed by atoms with Gasteiger partial charge in [-0.2, -0.15) is 5.10 Å². The molecule has 66 valence electrons. The molecule has 3 nitrogen and oxygen atoms in total. The fourth-order valence-corrected chi connectivity index (χ4v) is 1.65. The van der Waals surface area contributed by atoms with Crippen LogP contribution in [0, 0.1) is 3.57 Å². The van der Waals surface area contributed by atoms with Crippen LogP contribution in [0.2, 0.25) is 0 Å². The van der Waals surface area contributed by atoms with Crippen LogP contribution in [-0.4, -0.2) is 15.6 Å². The van der Waals surface area contributed by atoms with E-state index in [0.717, 1.165) is 10.1 Å². The Bertz CT molecular complexity index is 293. The standard InChI is InChI=1S/C8H11IN2O/c1-3-7(12)8-6(9)5-11(4-2)10-8/h5H,3-4H2,1-2H3. The van der Waals surface area contributed by atoms with E-state index in [1.165, 1.54) is 0 Å². The van der Waals surface area contributed by atoms with Gasteiger partial charge in [0, 0.05) is 19.2 Å². The van der Waals surface area contributed by atoms with Crippen molar-refractivity contribution in [3.8, 4) is 0 Å². The summed E-state index contributed by atoms with van der Waals surface area (Å²) in [4.78, 5) is 11.3. The third-order valence-corrected chi connectivity index (χ3v) is 2.42. The molecule has 0 fully saturated rings. The Balaban J connectivity index is 2.99. The first-order valence-electron chi connectivity index (χ1n) is 3.95. The van der Waals surface area contributed by atoms with Crippen molar-refractivity contribution < 1.29 is 4.79 Å². The third kappa shape index (κ3) is 1.85. The molecule has 4 heteroatoms. The van der Waals surface area contributed by atoms with Crippen LogP contribution in [-0.2, 0) is 6.54 Å². The number of halogens is 1. The topological polar surface area (TPSA) is 34.9 Å². The predicted molar refractivity (Wildman–Crippen MR) is 55.2 cm³/mol. The number of hydrogen-bond donors (Lipinski definition) is 0. The normalized spacial score (nSPS) is 10.2. The van der Waals surface area contributed by atoms with Crippen LogP contribution < -0.4 is 0 Å². The zero-order valence-corrected chi connectivity index (χ0v) is 9.33. The summed E-state index contributed by atoms with van der Waals surface area (Å²) in [7, 11) is 0. The van der Waals surface area contributed by atoms with Crippen LogP contribution in [0.5, 0.6) is 0 Å². The number of hydrogen-bond acceptors (Lipinski definition) is 2. The molecule has 1 aromatic rings. The van der Waals surface area contributed by atoms with Crippen LogP contribution >= 0.6 is 22.6 Å². The Morgan fingerprint density at radius 2 is 2.33 bits per heavy atom. The Labute approximate surface area is 85.3 Å². The van der Waals surface area contributed by atoms with Gasteiger partial charge in [0.1, 0.15) is 5.69 Å². The van der Waals surface area contributed by atoms with Crippen molar-refractivity contribution in [2.75, 3.05) is 0 Å². The molecule has 0 bridgehead atoms. The summed E-state index contributed by atoms with van der Waals surface area (Å²) in [5, 5.41) is 4.16. The zero-order valence-electron chi connectivity index (χ0n) is 7.17. The highest BCUT2D eigenvalue weighted by atomic mass is 127. The fraction of sp³-hybridized carbons (Fsp3) is 0.500. The van der Waals surface area contributed by atoms with Gasteiger partial charge in [0.2, 0.25) is 0 Å². The van der Waals surface area contributed by atoms with Gasteiger partial charge < -0.3 is 0 Å². The van der Waals surface area contributed by atoms with Gasteiger partial charge in [-0.1, -0.05) is 6.92 Å². The van der Waals surface area contributed by atoms with E-state index in [1.54, 1.807) is 4.68 Å². The molecular weight excluding hydrogens is 267 g/mol. The van der Waals surface area contributed by atoms with Gasteiger partial charge in [-0.05, 0) is 29.5 Å². The summed E-state index contributed by atoms with van der Waals surface area (Å²) in [5.41, 5.74) is 0.611. The van der Waals surface area contributed by atoms with E-state index < -0.39 is 0 Å². The van der Waals surface area contributed by atoms with E-state index in [9.17, 15) is 4.79 Å². The maximum Gasteiger partial charge on any atom is 0.183 e. The van der Waals surface area contributed by atoms with Gasteiger partial charge >= 0.3 is 0 Å². The molecule has 0 aliphatic carbocycles. The Kier molecular flexibility index (Phi) is 3.25. The van der Waals surface area contributed by atoms with Crippen molar-refractivity contribution in [2.45, 2.75) is 26.8 Å². The first-order valence-corrected chi connectivity index (χ1v) is 5.03. The lowest BCUT2D eigenvalue weighted by Crippen LogP contribution is -2.01. The minimum absolute atomic E-state index is 0.117. The number of Topliss-reactive ketones (excluding diaryl/α,β-unsaturated/α-hetero) is 1. The molecule has 0 spiro atoms. The summed E-state index contributed by atoms with van der Waals surface area (Å²) in [6, 6.07) is 0. The molecule has 0 unspecified atom stereocenters. The van der Waals surface area contributed by atoms with E-state index in [4.69, 9.17) is 0 Å². The maximum atomic E-state index is 11.3. The van der Waals surface area contributed by atoms with E-state index in [1.807, 2.05) is 20.0 Å². The number of carbonyl (C=O) groups excluding carboxylic acids is 1. The molecule has 0 atom stereocenters. The molecular formula is C8H11IN2O. The lowest BCUT2D eigenvalue weighted by molar-refractivity contribution is 0.0982. The van der Waals surface area contributed by atoms with Crippen molar-refractivity contribution in [3.63, 3.8) is 0 Å². The molecule has 0 radical (unpaired) electrons. The molecule has 0 aliphatic rings. The van der Waals surface area contributed by atoms with Gasteiger partial charge in [-0.3, -0.25) is 9.48 Å². The summed E-state index contributed by atoms with van der Waals surface area (Å²) in [6.07, 6.45) is 2.42. The van der Waals surface area contributed by atoms with Crippen molar-refractivity contribution in [3.05, 3.63) is 15.5 Å². The fourth-order valence-electron chi connectivity index (χ4n) is 0.915. The van der Waals surface area contributed by atoms with E-state index in [-0.39, 0.29) is 5.78 Å². The number of ketones is 1. The van der Waals surface area contributed by atoms with Crippen molar-refractivity contribution in [1.82, 2.24) is 9.78 Å². The highest BCUT2D eigenvalue weighted by molar-refractivity contribution is 14.1. The van der Waals surface area contributed by atoms with Gasteiger partial charge in [-0.15, -0.1) is 0 Å². The number of aryl methyl sites for hydroxylation is 1. The van der Waals surface area contributed by atoms with Gasteiger partial charge in [0.25, 0.3) is 0 Å². The van der Waals surface area contributed by atoms with Crippen LogP contribution in [0.4, 0.5) is 0 Å². The molecule has 1 rings (SSSR count). The maximum absolute atomic E-state index is 11.3. The Morgan fingerprint density at radius 3 is 2.75 bits per heavy atom. The van der Waals surface area contributed by atoms with Gasteiger partial charge in [0.05, 0.1) is 3.57 Å². The summed E-state index contributed by atoms with van der Waals surface area (Å²) in [6.45, 7) is 4.67. The number of rotatable bonds is 3. The number of aromatic nitrogens is 2. The summed E-state index contributed by atoms with van der Waals surface area (Å²) < 4.78 is 2.73. The first-order chi connectivity index (χ1) is 5.69. The van der Waals surface area contributed by atoms with Crippen molar-refractivity contribution in [2.24, 2.45) is 0 Å². The third-order valence-electron chi connectivity index (χ3n) is 1.63. The molecule has 0 N–H and O–H groups in total. The van der Waals surface area contributed by atoms with Gasteiger partial charge in [0.15, 0.2) is 5.78 Å². The monoisotopic (exact) mass is 278 g/mol. The molecule has 0 aromatic carbocycles. The molecule has 0 saturated carbocycles. The largest absolute Gasteiger partial charge is 0.292 e.